The molecule has 0 aliphatic carbocycles. The maximum Gasteiger partial charge on any atom is 0.416 e. The Hall–Kier alpha value is -2.28. The smallest absolute Gasteiger partial charge is 0.393 e. The molecule has 1 aromatic carbocycles. The summed E-state index contributed by atoms with van der Waals surface area (Å²) in [6.07, 6.45) is -3.92. The van der Waals surface area contributed by atoms with Gasteiger partial charge in [-0.1, -0.05) is 11.6 Å². The molecule has 0 radical (unpaired) electrons. The van der Waals surface area contributed by atoms with Gasteiger partial charge in [-0.25, -0.2) is 21.8 Å². The van der Waals surface area contributed by atoms with Gasteiger partial charge in [-0.05, 0) is 30.3 Å². The van der Waals surface area contributed by atoms with Gasteiger partial charge >= 0.3 is 6.18 Å². The molecule has 1 saturated heterocycles. The minimum absolute atomic E-state index is 0.0843. The third-order valence-electron chi connectivity index (χ3n) is 5.12. The molecule has 0 amide bonds. The van der Waals surface area contributed by atoms with Crippen molar-refractivity contribution in [2.24, 2.45) is 0 Å². The standard InChI is InChI=1S/C18H15ClF3N3O6S2/c19-14-5-11(18(20,21)22)1-4-15(14)33(30,31)25-8-16(17(27,9-25)10-26)32(28,29)13-3-2-12(6-23)24-7-13/h1-5,7,16,26-27H,8-10H2/t16-,17+/m0/s1. The van der Waals surface area contributed by atoms with E-state index in [1.807, 2.05) is 0 Å². The lowest BCUT2D eigenvalue weighted by Gasteiger charge is -2.26. The molecule has 2 heterocycles. The number of alkyl halides is 3. The van der Waals surface area contributed by atoms with Gasteiger partial charge in [0.2, 0.25) is 10.0 Å². The summed E-state index contributed by atoms with van der Waals surface area (Å²) in [5, 5.41) is 26.7. The largest absolute Gasteiger partial charge is 0.416 e. The second-order valence-electron chi connectivity index (χ2n) is 7.23. The molecule has 178 valence electrons. The van der Waals surface area contributed by atoms with Crippen molar-refractivity contribution in [3.8, 4) is 6.07 Å². The zero-order valence-electron chi connectivity index (χ0n) is 16.4. The Labute approximate surface area is 191 Å². The number of sulfone groups is 1. The van der Waals surface area contributed by atoms with Gasteiger partial charge < -0.3 is 10.2 Å². The van der Waals surface area contributed by atoms with Crippen LogP contribution in [0.2, 0.25) is 5.02 Å². The molecule has 15 heteroatoms. The van der Waals surface area contributed by atoms with Crippen LogP contribution in [0.1, 0.15) is 11.3 Å². The van der Waals surface area contributed by atoms with Crippen LogP contribution in [-0.4, -0.2) is 66.9 Å². The summed E-state index contributed by atoms with van der Waals surface area (Å²) in [4.78, 5) is 2.49. The zero-order valence-corrected chi connectivity index (χ0v) is 18.7. The van der Waals surface area contributed by atoms with Gasteiger partial charge in [-0.15, -0.1) is 0 Å². The number of β-amino-alcohol motifs (C(OH)–C–C–N with tert-alkyl or cyclic N) is 1. The number of aromatic nitrogens is 1. The fourth-order valence-corrected chi connectivity index (χ4v) is 7.37. The van der Waals surface area contributed by atoms with Crippen LogP contribution in [0.5, 0.6) is 0 Å². The molecule has 0 saturated carbocycles. The predicted molar refractivity (Wildman–Crippen MR) is 107 cm³/mol. The van der Waals surface area contributed by atoms with Crippen LogP contribution in [0.15, 0.2) is 46.3 Å². The van der Waals surface area contributed by atoms with Crippen molar-refractivity contribution in [3.63, 3.8) is 0 Å². The molecular weight excluding hydrogens is 511 g/mol. The molecule has 9 nitrogen and oxygen atoms in total. The number of benzene rings is 1. The highest BCUT2D eigenvalue weighted by atomic mass is 35.5. The van der Waals surface area contributed by atoms with E-state index in [9.17, 15) is 40.2 Å². The Bertz CT molecular complexity index is 1330. The van der Waals surface area contributed by atoms with Crippen LogP contribution in [0.25, 0.3) is 0 Å². The minimum atomic E-state index is -4.77. The Kier molecular flexibility index (Phi) is 6.52. The van der Waals surface area contributed by atoms with Gasteiger partial charge in [0, 0.05) is 19.3 Å². The minimum Gasteiger partial charge on any atom is -0.393 e. The van der Waals surface area contributed by atoms with Gasteiger partial charge in [0.1, 0.15) is 27.5 Å². The van der Waals surface area contributed by atoms with Gasteiger partial charge in [0.15, 0.2) is 9.84 Å². The lowest BCUT2D eigenvalue weighted by molar-refractivity contribution is -0.137. The number of rotatable bonds is 5. The van der Waals surface area contributed by atoms with Crippen LogP contribution in [0, 0.1) is 11.3 Å². The summed E-state index contributed by atoms with van der Waals surface area (Å²) < 4.78 is 91.3. The van der Waals surface area contributed by atoms with Gasteiger partial charge in [-0.3, -0.25) is 0 Å². The molecule has 0 unspecified atom stereocenters. The van der Waals surface area contributed by atoms with Crippen molar-refractivity contribution in [2.45, 2.75) is 26.8 Å². The number of aliphatic hydroxyl groups is 2. The topological polar surface area (TPSA) is 149 Å². The Morgan fingerprint density at radius 1 is 1.24 bits per heavy atom. The first-order valence-corrected chi connectivity index (χ1v) is 12.3. The third kappa shape index (κ3) is 4.57. The third-order valence-corrected chi connectivity index (χ3v) is 9.65. The number of pyridine rings is 1. The summed E-state index contributed by atoms with van der Waals surface area (Å²) in [5.41, 5.74) is -3.70. The second kappa shape index (κ2) is 8.49. The van der Waals surface area contributed by atoms with E-state index in [0.717, 1.165) is 18.3 Å². The Balaban J connectivity index is 2.01. The summed E-state index contributed by atoms with van der Waals surface area (Å²) in [7, 11) is -9.12. The molecule has 2 aromatic rings. The van der Waals surface area contributed by atoms with E-state index in [0.29, 0.717) is 22.5 Å². The van der Waals surface area contributed by atoms with Crippen LogP contribution in [0.4, 0.5) is 13.2 Å². The highest BCUT2D eigenvalue weighted by Gasteiger charge is 2.55. The van der Waals surface area contributed by atoms with Crippen molar-refractivity contribution in [1.29, 1.82) is 5.26 Å². The molecule has 1 aromatic heterocycles. The van der Waals surface area contributed by atoms with Crippen molar-refractivity contribution in [3.05, 3.63) is 52.8 Å². The normalized spacial score (nSPS) is 22.3. The molecule has 0 spiro atoms. The molecule has 3 rings (SSSR count). The summed E-state index contributed by atoms with van der Waals surface area (Å²) in [6, 6.07) is 5.40. The van der Waals surface area contributed by atoms with Gasteiger partial charge in [0.25, 0.3) is 0 Å². The van der Waals surface area contributed by atoms with Crippen molar-refractivity contribution >= 4 is 31.5 Å². The number of sulfonamides is 1. The van der Waals surface area contributed by atoms with Gasteiger partial charge in [-0.2, -0.15) is 22.7 Å². The quantitative estimate of drug-likeness (QED) is 0.591. The Morgan fingerprint density at radius 3 is 2.39 bits per heavy atom. The van der Waals surface area contributed by atoms with Crippen molar-refractivity contribution in [2.75, 3.05) is 19.7 Å². The highest BCUT2D eigenvalue weighted by molar-refractivity contribution is 7.92. The van der Waals surface area contributed by atoms with Gasteiger partial charge in [0.05, 0.1) is 22.1 Å². The van der Waals surface area contributed by atoms with E-state index in [4.69, 9.17) is 16.9 Å². The van der Waals surface area contributed by atoms with E-state index in [1.165, 1.54) is 0 Å². The lowest BCUT2D eigenvalue weighted by Crippen LogP contribution is -2.49. The van der Waals surface area contributed by atoms with Crippen molar-refractivity contribution < 1.29 is 40.2 Å². The number of nitriles is 1. The average molecular weight is 526 g/mol. The summed E-state index contributed by atoms with van der Waals surface area (Å²) in [6.45, 7) is -2.82. The zero-order chi connectivity index (χ0) is 24.8. The average Bonchev–Trinajstić information content (AvgIpc) is 3.12. The van der Waals surface area contributed by atoms with Crippen LogP contribution in [-0.2, 0) is 26.0 Å². The fourth-order valence-electron chi connectivity index (χ4n) is 3.35. The first-order valence-electron chi connectivity index (χ1n) is 8.97. The Morgan fingerprint density at radius 2 is 1.91 bits per heavy atom. The summed E-state index contributed by atoms with van der Waals surface area (Å²) >= 11 is 5.78. The maximum atomic E-state index is 13.1. The molecule has 0 bridgehead atoms. The van der Waals surface area contributed by atoms with E-state index >= 15 is 0 Å². The molecule has 2 atom stereocenters. The number of halogens is 4. The molecule has 2 N–H and O–H groups in total. The maximum absolute atomic E-state index is 13.1. The molecule has 33 heavy (non-hydrogen) atoms. The van der Waals surface area contributed by atoms with E-state index in [-0.39, 0.29) is 5.69 Å². The number of hydrogen-bond donors (Lipinski definition) is 2. The van der Waals surface area contributed by atoms with E-state index in [2.05, 4.69) is 4.98 Å². The molecule has 1 aliphatic rings. The first-order chi connectivity index (χ1) is 15.2. The van der Waals surface area contributed by atoms with E-state index < -0.39 is 77.0 Å². The first kappa shape index (κ1) is 25.3. The van der Waals surface area contributed by atoms with Crippen LogP contribution in [0.3, 0.4) is 0 Å². The molecule has 1 fully saturated rings. The monoisotopic (exact) mass is 525 g/mol. The molecule has 1 aliphatic heterocycles. The second-order valence-corrected chi connectivity index (χ2v) is 11.7. The highest BCUT2D eigenvalue weighted by Crippen LogP contribution is 2.38. The number of nitrogens with zero attached hydrogens (tertiary/aromatic N) is 3. The SMILES string of the molecule is N#Cc1ccc(S(=O)(=O)[C@H]2CN(S(=O)(=O)c3ccc(C(F)(F)F)cc3Cl)C[C@@]2(O)CO)cn1. The van der Waals surface area contributed by atoms with Crippen LogP contribution >= 0.6 is 11.6 Å². The number of hydrogen-bond acceptors (Lipinski definition) is 8. The fraction of sp³-hybridized carbons (Fsp3) is 0.333. The molecular formula is C18H15ClF3N3O6S2. The predicted octanol–water partition coefficient (Wildman–Crippen LogP) is 1.20. The van der Waals surface area contributed by atoms with Crippen LogP contribution < -0.4 is 0 Å². The number of aliphatic hydroxyl groups excluding tert-OH is 1. The van der Waals surface area contributed by atoms with E-state index in [1.54, 1.807) is 6.07 Å². The van der Waals surface area contributed by atoms with Crippen molar-refractivity contribution in [1.82, 2.24) is 9.29 Å². The lowest BCUT2D eigenvalue weighted by atomic mass is 10.1. The summed E-state index contributed by atoms with van der Waals surface area (Å²) in [5.74, 6) is 0.